The summed E-state index contributed by atoms with van der Waals surface area (Å²) >= 11 is 0. The summed E-state index contributed by atoms with van der Waals surface area (Å²) in [6, 6.07) is 4.42. The van der Waals surface area contributed by atoms with Crippen LogP contribution in [0.1, 0.15) is 61.4 Å². The van der Waals surface area contributed by atoms with E-state index in [-0.39, 0.29) is 40.9 Å². The highest BCUT2D eigenvalue weighted by Crippen LogP contribution is 2.28. The molecule has 1 aliphatic carbocycles. The van der Waals surface area contributed by atoms with Crippen LogP contribution in [-0.2, 0) is 4.79 Å². The number of carbonyl (C=O) groups is 2. The van der Waals surface area contributed by atoms with Crippen LogP contribution in [0.25, 0.3) is 0 Å². The number of nitrogens with zero attached hydrogens (tertiary/aromatic N) is 1. The molecule has 0 bridgehead atoms. The van der Waals surface area contributed by atoms with Crippen molar-refractivity contribution in [3.05, 3.63) is 39.4 Å². The Morgan fingerprint density at radius 1 is 1.33 bits per heavy atom. The number of nitrogens with two attached hydrogens (primary N) is 1. The molecule has 0 aromatic heterocycles. The number of carbonyl (C=O) groups excluding carboxylic acids is 2. The van der Waals surface area contributed by atoms with E-state index in [1.165, 1.54) is 6.07 Å². The van der Waals surface area contributed by atoms with Gasteiger partial charge in [0, 0.05) is 29.2 Å². The summed E-state index contributed by atoms with van der Waals surface area (Å²) in [7, 11) is 0. The zero-order valence-corrected chi connectivity index (χ0v) is 14.0. The smallest absolute Gasteiger partial charge is 0.273 e. The van der Waals surface area contributed by atoms with E-state index in [9.17, 15) is 19.7 Å². The summed E-state index contributed by atoms with van der Waals surface area (Å²) in [6.45, 7) is 3.74. The fraction of sp³-hybridized carbons (Fsp3) is 0.529. The number of rotatable bonds is 5. The van der Waals surface area contributed by atoms with Crippen LogP contribution in [0.3, 0.4) is 0 Å². The fourth-order valence-electron chi connectivity index (χ4n) is 3.18. The Morgan fingerprint density at radius 2 is 2.04 bits per heavy atom. The topological polar surface area (TPSA) is 115 Å². The summed E-state index contributed by atoms with van der Waals surface area (Å²) in [6.07, 6.45) is 2.87. The van der Waals surface area contributed by atoms with E-state index in [2.05, 4.69) is 5.32 Å². The lowest BCUT2D eigenvalue weighted by Gasteiger charge is -2.27. The van der Waals surface area contributed by atoms with Crippen molar-refractivity contribution < 1.29 is 14.5 Å². The van der Waals surface area contributed by atoms with Gasteiger partial charge in [-0.25, -0.2) is 0 Å². The maximum Gasteiger partial charge on any atom is 0.273 e. The van der Waals surface area contributed by atoms with Gasteiger partial charge in [0.25, 0.3) is 11.6 Å². The van der Waals surface area contributed by atoms with Crippen molar-refractivity contribution in [1.29, 1.82) is 0 Å². The van der Waals surface area contributed by atoms with Gasteiger partial charge in [0.2, 0.25) is 5.91 Å². The molecule has 2 amide bonds. The first-order valence-corrected chi connectivity index (χ1v) is 8.18. The lowest BCUT2D eigenvalue weighted by Crippen LogP contribution is -2.41. The molecule has 1 fully saturated rings. The molecule has 0 saturated heterocycles. The third kappa shape index (κ3) is 4.10. The molecule has 1 saturated carbocycles. The molecule has 1 aromatic rings. The molecule has 1 aromatic carbocycles. The summed E-state index contributed by atoms with van der Waals surface area (Å²) in [5.41, 5.74) is 6.15. The minimum atomic E-state index is -0.462. The third-order valence-corrected chi connectivity index (χ3v) is 4.52. The highest BCUT2D eigenvalue weighted by molar-refractivity contribution is 5.95. The monoisotopic (exact) mass is 333 g/mol. The van der Waals surface area contributed by atoms with Crippen LogP contribution in [0, 0.1) is 16.0 Å². The van der Waals surface area contributed by atoms with Gasteiger partial charge in [-0.15, -0.1) is 0 Å². The van der Waals surface area contributed by atoms with Gasteiger partial charge >= 0.3 is 0 Å². The molecular weight excluding hydrogens is 310 g/mol. The van der Waals surface area contributed by atoms with Gasteiger partial charge in [-0.2, -0.15) is 0 Å². The maximum atomic E-state index is 12.4. The normalized spacial score (nSPS) is 20.6. The van der Waals surface area contributed by atoms with E-state index in [0.29, 0.717) is 12.0 Å². The average molecular weight is 333 g/mol. The minimum absolute atomic E-state index is 0.00261. The lowest BCUT2D eigenvalue weighted by atomic mass is 9.85. The predicted molar refractivity (Wildman–Crippen MR) is 89.6 cm³/mol. The Kier molecular flexibility index (Phi) is 5.54. The molecule has 3 N–H and O–H groups in total. The van der Waals surface area contributed by atoms with Gasteiger partial charge in [-0.05, 0) is 31.2 Å². The second-order valence-electron chi connectivity index (χ2n) is 6.62. The first kappa shape index (κ1) is 17.9. The Morgan fingerprint density at radius 3 is 2.62 bits per heavy atom. The van der Waals surface area contributed by atoms with Crippen LogP contribution in [-0.4, -0.2) is 22.8 Å². The number of nitro groups is 1. The number of benzene rings is 1. The van der Waals surface area contributed by atoms with Crippen LogP contribution < -0.4 is 11.1 Å². The fourth-order valence-corrected chi connectivity index (χ4v) is 3.18. The summed E-state index contributed by atoms with van der Waals surface area (Å²) < 4.78 is 0. The minimum Gasteiger partial charge on any atom is -0.369 e. The molecule has 0 heterocycles. The van der Waals surface area contributed by atoms with E-state index < -0.39 is 4.92 Å². The molecular formula is C17H23N3O4. The van der Waals surface area contributed by atoms with E-state index in [1.807, 2.05) is 13.8 Å². The summed E-state index contributed by atoms with van der Waals surface area (Å²) in [4.78, 5) is 34.5. The highest BCUT2D eigenvalue weighted by Gasteiger charge is 2.27. The van der Waals surface area contributed by atoms with Crippen molar-refractivity contribution in [1.82, 2.24) is 5.32 Å². The quantitative estimate of drug-likeness (QED) is 0.636. The zero-order chi connectivity index (χ0) is 17.9. The van der Waals surface area contributed by atoms with E-state index in [1.54, 1.807) is 12.1 Å². The predicted octanol–water partition coefficient (Wildman–Crippen LogP) is 2.49. The van der Waals surface area contributed by atoms with Crippen molar-refractivity contribution in [3.8, 4) is 0 Å². The molecule has 2 rings (SSSR count). The molecule has 0 unspecified atom stereocenters. The van der Waals surface area contributed by atoms with E-state index in [0.717, 1.165) is 19.3 Å². The standard InChI is InChI=1S/C17H23N3O4/c1-10(2)14-7-6-12(9-15(14)20(23)24)17(22)19-13-5-3-4-11(8-13)16(18)21/h6-7,9-11,13H,3-5,8H2,1-2H3,(H2,18,21)(H,19,22)/t11-,13+/m0/s1. The first-order valence-electron chi connectivity index (χ1n) is 8.18. The van der Waals surface area contributed by atoms with Crippen molar-refractivity contribution in [2.75, 3.05) is 0 Å². The van der Waals surface area contributed by atoms with Crippen LogP contribution in [0.15, 0.2) is 18.2 Å². The van der Waals surface area contributed by atoms with Crippen molar-refractivity contribution in [3.63, 3.8) is 0 Å². The molecule has 0 aliphatic heterocycles. The van der Waals surface area contributed by atoms with Crippen molar-refractivity contribution in [2.24, 2.45) is 11.7 Å². The third-order valence-electron chi connectivity index (χ3n) is 4.52. The summed E-state index contributed by atoms with van der Waals surface area (Å²) in [5.74, 6) is -0.923. The molecule has 130 valence electrons. The number of hydrogen-bond donors (Lipinski definition) is 2. The largest absolute Gasteiger partial charge is 0.369 e. The molecule has 1 aliphatic rings. The van der Waals surface area contributed by atoms with E-state index in [4.69, 9.17) is 5.73 Å². The van der Waals surface area contributed by atoms with Crippen molar-refractivity contribution >= 4 is 17.5 Å². The lowest BCUT2D eigenvalue weighted by molar-refractivity contribution is -0.385. The molecule has 0 spiro atoms. The average Bonchev–Trinajstić information content (AvgIpc) is 2.54. The first-order chi connectivity index (χ1) is 11.3. The molecule has 0 radical (unpaired) electrons. The molecule has 2 atom stereocenters. The Bertz CT molecular complexity index is 657. The molecule has 24 heavy (non-hydrogen) atoms. The Balaban J connectivity index is 2.13. The second kappa shape index (κ2) is 7.42. The van der Waals surface area contributed by atoms with Crippen LogP contribution in [0.4, 0.5) is 5.69 Å². The van der Waals surface area contributed by atoms with Gasteiger partial charge in [0.05, 0.1) is 4.92 Å². The van der Waals surface area contributed by atoms with Crippen LogP contribution >= 0.6 is 0 Å². The number of primary amides is 1. The SMILES string of the molecule is CC(C)c1ccc(C(=O)N[C@@H]2CCC[C@H](C(N)=O)C2)cc1[N+](=O)[O-]. The van der Waals surface area contributed by atoms with Gasteiger partial charge in [-0.3, -0.25) is 19.7 Å². The van der Waals surface area contributed by atoms with Gasteiger partial charge < -0.3 is 11.1 Å². The summed E-state index contributed by atoms with van der Waals surface area (Å²) in [5, 5.41) is 14.1. The molecule has 7 heteroatoms. The van der Waals surface area contributed by atoms with Crippen LogP contribution in [0.5, 0.6) is 0 Å². The number of hydrogen-bond acceptors (Lipinski definition) is 4. The van der Waals surface area contributed by atoms with Gasteiger partial charge in [-0.1, -0.05) is 26.3 Å². The number of amides is 2. The van der Waals surface area contributed by atoms with Gasteiger partial charge in [0.15, 0.2) is 0 Å². The van der Waals surface area contributed by atoms with Crippen LogP contribution in [0.2, 0.25) is 0 Å². The zero-order valence-electron chi connectivity index (χ0n) is 14.0. The number of nitro benzene ring substituents is 1. The Labute approximate surface area is 140 Å². The second-order valence-corrected chi connectivity index (χ2v) is 6.62. The number of nitrogens with one attached hydrogen (secondary N) is 1. The van der Waals surface area contributed by atoms with E-state index >= 15 is 0 Å². The molecule has 7 nitrogen and oxygen atoms in total. The maximum absolute atomic E-state index is 12.4. The van der Waals surface area contributed by atoms with Gasteiger partial charge in [0.1, 0.15) is 0 Å². The Hall–Kier alpha value is -2.44. The van der Waals surface area contributed by atoms with Crippen molar-refractivity contribution in [2.45, 2.75) is 51.5 Å². The highest BCUT2D eigenvalue weighted by atomic mass is 16.6.